The Morgan fingerprint density at radius 3 is 2.76 bits per heavy atom. The molecule has 2 aromatic rings. The van der Waals surface area contributed by atoms with Crippen LogP contribution in [0.3, 0.4) is 0 Å². The van der Waals surface area contributed by atoms with Crippen molar-refractivity contribution in [3.63, 3.8) is 0 Å². The molecule has 90 valence electrons. The molecule has 2 heterocycles. The largest absolute Gasteiger partial charge is 0.364 e. The lowest BCUT2D eigenvalue weighted by atomic mass is 10.2. The third-order valence-electron chi connectivity index (χ3n) is 2.89. The van der Waals surface area contributed by atoms with E-state index in [-0.39, 0.29) is 0 Å². The smallest absolute Gasteiger partial charge is 0.269 e. The van der Waals surface area contributed by atoms with Gasteiger partial charge in [-0.15, -0.1) is 0 Å². The lowest BCUT2D eigenvalue weighted by Gasteiger charge is -2.02. The van der Waals surface area contributed by atoms with E-state index in [1.54, 1.807) is 0 Å². The summed E-state index contributed by atoms with van der Waals surface area (Å²) in [4.78, 5) is 15.7. The second-order valence-corrected chi connectivity index (χ2v) is 4.14. The number of carbonyl (C=O) groups excluding carboxylic acids is 1. The predicted octanol–water partition coefficient (Wildman–Crippen LogP) is 1.95. The molecule has 2 N–H and O–H groups in total. The number of fused-ring (bicyclic) bond motifs is 1. The molecule has 0 radical (unpaired) electrons. The lowest BCUT2D eigenvalue weighted by molar-refractivity contribution is 0.0997. The van der Waals surface area contributed by atoms with Crippen molar-refractivity contribution in [1.82, 2.24) is 9.38 Å². The number of hydrogen-bond donors (Lipinski definition) is 1. The predicted molar refractivity (Wildman–Crippen MR) is 67.1 cm³/mol. The minimum Gasteiger partial charge on any atom is -0.364 e. The van der Waals surface area contributed by atoms with Gasteiger partial charge in [-0.1, -0.05) is 19.9 Å². The van der Waals surface area contributed by atoms with Crippen LogP contribution in [0.2, 0.25) is 0 Å². The van der Waals surface area contributed by atoms with Crippen molar-refractivity contribution in [1.29, 1.82) is 0 Å². The van der Waals surface area contributed by atoms with Crippen molar-refractivity contribution in [3.8, 4) is 0 Å². The summed E-state index contributed by atoms with van der Waals surface area (Å²) in [6, 6.07) is 3.93. The average Bonchev–Trinajstić information content (AvgIpc) is 2.68. The van der Waals surface area contributed by atoms with Gasteiger partial charge in [0, 0.05) is 12.6 Å². The van der Waals surface area contributed by atoms with Gasteiger partial charge >= 0.3 is 0 Å². The molecule has 4 heteroatoms. The number of carbonyl (C=O) groups is 1. The minimum atomic E-state index is -0.464. The monoisotopic (exact) mass is 231 g/mol. The molecule has 1 amide bonds. The fraction of sp³-hybridized carbons (Fsp3) is 0.385. The Hall–Kier alpha value is -1.84. The SMILES string of the molecule is CCCc1nc(C(N)=O)c2ccc(CC)cn12. The number of primary amides is 1. The number of aromatic nitrogens is 2. The van der Waals surface area contributed by atoms with Crippen LogP contribution in [0.4, 0.5) is 0 Å². The highest BCUT2D eigenvalue weighted by Gasteiger charge is 2.14. The van der Waals surface area contributed by atoms with E-state index >= 15 is 0 Å². The molecule has 17 heavy (non-hydrogen) atoms. The Morgan fingerprint density at radius 1 is 1.41 bits per heavy atom. The average molecular weight is 231 g/mol. The summed E-state index contributed by atoms with van der Waals surface area (Å²) in [6.07, 6.45) is 4.85. The molecule has 4 nitrogen and oxygen atoms in total. The summed E-state index contributed by atoms with van der Waals surface area (Å²) in [5, 5.41) is 0. The van der Waals surface area contributed by atoms with E-state index < -0.39 is 5.91 Å². The molecule has 0 aromatic carbocycles. The zero-order valence-corrected chi connectivity index (χ0v) is 10.2. The Morgan fingerprint density at radius 2 is 2.18 bits per heavy atom. The van der Waals surface area contributed by atoms with Crippen LogP contribution in [-0.2, 0) is 12.8 Å². The summed E-state index contributed by atoms with van der Waals surface area (Å²) in [5.41, 5.74) is 7.75. The summed E-state index contributed by atoms with van der Waals surface area (Å²) in [7, 11) is 0. The lowest BCUT2D eigenvalue weighted by Crippen LogP contribution is -2.11. The van der Waals surface area contributed by atoms with Crippen LogP contribution in [0.1, 0.15) is 42.1 Å². The molecule has 0 unspecified atom stereocenters. The number of amides is 1. The first kappa shape index (κ1) is 11.6. The fourth-order valence-corrected chi connectivity index (χ4v) is 1.98. The maximum atomic E-state index is 11.3. The second-order valence-electron chi connectivity index (χ2n) is 4.14. The highest BCUT2D eigenvalue weighted by Crippen LogP contribution is 2.16. The minimum absolute atomic E-state index is 0.371. The topological polar surface area (TPSA) is 60.4 Å². The number of imidazole rings is 1. The number of aryl methyl sites for hydroxylation is 2. The summed E-state index contributed by atoms with van der Waals surface area (Å²) >= 11 is 0. The van der Waals surface area contributed by atoms with Gasteiger partial charge in [-0.3, -0.25) is 4.79 Å². The molecule has 0 aliphatic carbocycles. The zero-order valence-electron chi connectivity index (χ0n) is 10.2. The number of rotatable bonds is 4. The van der Waals surface area contributed by atoms with E-state index in [2.05, 4.69) is 18.8 Å². The fourth-order valence-electron chi connectivity index (χ4n) is 1.98. The molecule has 0 aliphatic heterocycles. The molecule has 2 aromatic heterocycles. The first-order valence-corrected chi connectivity index (χ1v) is 5.97. The van der Waals surface area contributed by atoms with Crippen molar-refractivity contribution in [2.24, 2.45) is 5.73 Å². The Labute approximate surface area is 100 Å². The van der Waals surface area contributed by atoms with Crippen molar-refractivity contribution < 1.29 is 4.79 Å². The molecular formula is C13H17N3O. The summed E-state index contributed by atoms with van der Waals surface area (Å²) in [5.74, 6) is 0.445. The maximum absolute atomic E-state index is 11.3. The van der Waals surface area contributed by atoms with Crippen molar-refractivity contribution >= 4 is 11.4 Å². The van der Waals surface area contributed by atoms with E-state index in [4.69, 9.17) is 5.73 Å². The molecule has 0 bridgehead atoms. The number of nitrogens with two attached hydrogens (primary N) is 1. The Balaban J connectivity index is 2.67. The normalized spacial score (nSPS) is 10.9. The second kappa shape index (κ2) is 4.57. The van der Waals surface area contributed by atoms with Gasteiger partial charge in [0.05, 0.1) is 5.52 Å². The van der Waals surface area contributed by atoms with Gasteiger partial charge in [-0.2, -0.15) is 0 Å². The van der Waals surface area contributed by atoms with Gasteiger partial charge in [-0.05, 0) is 24.5 Å². The van der Waals surface area contributed by atoms with Gasteiger partial charge in [0.2, 0.25) is 0 Å². The summed E-state index contributed by atoms with van der Waals surface area (Å²) < 4.78 is 1.99. The number of hydrogen-bond acceptors (Lipinski definition) is 2. The van der Waals surface area contributed by atoms with E-state index in [9.17, 15) is 4.79 Å². The Kier molecular flexibility index (Phi) is 3.13. The molecule has 0 aliphatic rings. The van der Waals surface area contributed by atoms with Gasteiger partial charge in [0.1, 0.15) is 5.82 Å². The molecular weight excluding hydrogens is 214 g/mol. The van der Waals surface area contributed by atoms with Crippen LogP contribution >= 0.6 is 0 Å². The standard InChI is InChI=1S/C13H17N3O/c1-3-5-11-15-12(13(14)17)10-7-6-9(4-2)8-16(10)11/h6-8H,3-5H2,1-2H3,(H2,14,17). The van der Waals surface area contributed by atoms with Crippen molar-refractivity contribution in [2.75, 3.05) is 0 Å². The van der Waals surface area contributed by atoms with Crippen molar-refractivity contribution in [3.05, 3.63) is 35.4 Å². The van der Waals surface area contributed by atoms with Gasteiger partial charge < -0.3 is 10.1 Å². The van der Waals surface area contributed by atoms with E-state index in [0.717, 1.165) is 30.6 Å². The molecule has 0 spiro atoms. The van der Waals surface area contributed by atoms with Gasteiger partial charge in [-0.25, -0.2) is 4.98 Å². The quantitative estimate of drug-likeness (QED) is 0.874. The third-order valence-corrected chi connectivity index (χ3v) is 2.89. The first-order valence-electron chi connectivity index (χ1n) is 5.97. The molecule has 0 atom stereocenters. The number of nitrogens with zero attached hydrogens (tertiary/aromatic N) is 2. The van der Waals surface area contributed by atoms with Crippen LogP contribution in [0.25, 0.3) is 5.52 Å². The van der Waals surface area contributed by atoms with Crippen LogP contribution in [0.15, 0.2) is 18.3 Å². The maximum Gasteiger partial charge on any atom is 0.269 e. The molecule has 0 fully saturated rings. The highest BCUT2D eigenvalue weighted by molar-refractivity contribution is 5.98. The zero-order chi connectivity index (χ0) is 12.4. The van der Waals surface area contributed by atoms with E-state index in [1.165, 1.54) is 5.56 Å². The van der Waals surface area contributed by atoms with Crippen LogP contribution in [0, 0.1) is 0 Å². The number of pyridine rings is 1. The highest BCUT2D eigenvalue weighted by atomic mass is 16.1. The first-order chi connectivity index (χ1) is 8.17. The third kappa shape index (κ3) is 2.02. The van der Waals surface area contributed by atoms with E-state index in [1.807, 2.05) is 22.7 Å². The molecule has 0 saturated carbocycles. The summed E-state index contributed by atoms with van der Waals surface area (Å²) in [6.45, 7) is 4.20. The molecule has 0 saturated heterocycles. The Bertz CT molecular complexity index is 557. The molecule has 2 rings (SSSR count). The van der Waals surface area contributed by atoms with Gasteiger partial charge in [0.15, 0.2) is 5.69 Å². The van der Waals surface area contributed by atoms with Crippen LogP contribution in [-0.4, -0.2) is 15.3 Å². The van der Waals surface area contributed by atoms with Crippen molar-refractivity contribution in [2.45, 2.75) is 33.1 Å². The van der Waals surface area contributed by atoms with Gasteiger partial charge in [0.25, 0.3) is 5.91 Å². The van der Waals surface area contributed by atoms with E-state index in [0.29, 0.717) is 5.69 Å². The van der Waals surface area contributed by atoms with Crippen LogP contribution in [0.5, 0.6) is 0 Å². The van der Waals surface area contributed by atoms with Crippen LogP contribution < -0.4 is 5.73 Å².